The Bertz CT molecular complexity index is 408. The molecule has 1 unspecified atom stereocenters. The molecule has 0 saturated carbocycles. The number of halogens is 1. The van der Waals surface area contributed by atoms with Gasteiger partial charge in [-0.2, -0.15) is 0 Å². The molecular formula is C10H17BrN2O3S. The minimum absolute atomic E-state index is 0.112. The van der Waals surface area contributed by atoms with Gasteiger partial charge in [-0.3, -0.25) is 4.79 Å². The Labute approximate surface area is 110 Å². The predicted molar refractivity (Wildman–Crippen MR) is 70.2 cm³/mol. The van der Waals surface area contributed by atoms with Crippen LogP contribution in [0.15, 0.2) is 11.1 Å². The molecule has 0 aromatic rings. The van der Waals surface area contributed by atoms with E-state index in [0.29, 0.717) is 17.6 Å². The molecule has 1 rings (SSSR count). The Morgan fingerprint density at radius 3 is 2.76 bits per heavy atom. The van der Waals surface area contributed by atoms with Crippen LogP contribution in [0.5, 0.6) is 0 Å². The summed E-state index contributed by atoms with van der Waals surface area (Å²) in [7, 11) is -3.20. The molecule has 7 heteroatoms. The number of rotatable bonds is 4. The van der Waals surface area contributed by atoms with Crippen LogP contribution in [0.2, 0.25) is 0 Å². The molecule has 17 heavy (non-hydrogen) atoms. The van der Waals surface area contributed by atoms with Crippen LogP contribution in [0.25, 0.3) is 0 Å². The van der Waals surface area contributed by atoms with E-state index in [9.17, 15) is 13.2 Å². The standard InChI is InChI=1S/C10H17BrN2O3S/c1-8(11)6-12-10(14)9-4-3-5-13(7-9)17(2,15)16/h9H,1,3-7H2,2H3,(H,12,14). The van der Waals surface area contributed by atoms with Gasteiger partial charge < -0.3 is 5.32 Å². The third-order valence-corrected chi connectivity index (χ3v) is 4.23. The van der Waals surface area contributed by atoms with Crippen molar-refractivity contribution >= 4 is 31.9 Å². The molecule has 1 saturated heterocycles. The molecular weight excluding hydrogens is 308 g/mol. The number of nitrogens with zero attached hydrogens (tertiary/aromatic N) is 1. The van der Waals surface area contributed by atoms with Gasteiger partial charge in [-0.1, -0.05) is 22.5 Å². The maximum atomic E-state index is 11.8. The van der Waals surface area contributed by atoms with E-state index in [1.807, 2.05) is 0 Å². The van der Waals surface area contributed by atoms with Crippen molar-refractivity contribution in [3.8, 4) is 0 Å². The largest absolute Gasteiger partial charge is 0.351 e. The summed E-state index contributed by atoms with van der Waals surface area (Å²) < 4.78 is 24.8. The highest BCUT2D eigenvalue weighted by molar-refractivity contribution is 9.11. The molecule has 1 amide bonds. The van der Waals surface area contributed by atoms with E-state index < -0.39 is 10.0 Å². The second-order valence-corrected chi connectivity index (χ2v) is 7.30. The fourth-order valence-electron chi connectivity index (χ4n) is 1.79. The number of hydrogen-bond acceptors (Lipinski definition) is 3. The molecule has 0 radical (unpaired) electrons. The Kier molecular flexibility index (Phi) is 5.15. The second kappa shape index (κ2) is 5.97. The lowest BCUT2D eigenvalue weighted by molar-refractivity contribution is -0.125. The van der Waals surface area contributed by atoms with Gasteiger partial charge in [-0.15, -0.1) is 0 Å². The third-order valence-electron chi connectivity index (χ3n) is 2.68. The SMILES string of the molecule is C=C(Br)CNC(=O)C1CCCN(S(C)(=O)=O)C1. The molecule has 1 aliphatic heterocycles. The third kappa shape index (κ3) is 4.77. The highest BCUT2D eigenvalue weighted by atomic mass is 79.9. The average molecular weight is 325 g/mol. The van der Waals surface area contributed by atoms with Gasteiger partial charge in [0.2, 0.25) is 15.9 Å². The number of amides is 1. The molecule has 1 heterocycles. The zero-order valence-electron chi connectivity index (χ0n) is 9.78. The van der Waals surface area contributed by atoms with Gasteiger partial charge in [-0.05, 0) is 12.8 Å². The first-order valence-corrected chi connectivity index (χ1v) is 8.01. The van der Waals surface area contributed by atoms with Crippen LogP contribution in [0.1, 0.15) is 12.8 Å². The second-order valence-electron chi connectivity index (χ2n) is 4.20. The van der Waals surface area contributed by atoms with Crippen molar-refractivity contribution in [3.05, 3.63) is 11.1 Å². The Morgan fingerprint density at radius 2 is 2.24 bits per heavy atom. The molecule has 0 aliphatic carbocycles. The fraction of sp³-hybridized carbons (Fsp3) is 0.700. The molecule has 1 atom stereocenters. The monoisotopic (exact) mass is 324 g/mol. The smallest absolute Gasteiger partial charge is 0.224 e. The first-order chi connectivity index (χ1) is 7.80. The lowest BCUT2D eigenvalue weighted by atomic mass is 9.99. The summed E-state index contributed by atoms with van der Waals surface area (Å²) >= 11 is 3.16. The van der Waals surface area contributed by atoms with Crippen LogP contribution in [0, 0.1) is 5.92 Å². The number of sulfonamides is 1. The number of hydrogen-bond donors (Lipinski definition) is 1. The van der Waals surface area contributed by atoms with E-state index in [1.54, 1.807) is 0 Å². The first kappa shape index (κ1) is 14.7. The van der Waals surface area contributed by atoms with E-state index in [4.69, 9.17) is 0 Å². The van der Waals surface area contributed by atoms with Crippen molar-refractivity contribution in [2.24, 2.45) is 5.92 Å². The zero-order valence-corrected chi connectivity index (χ0v) is 12.2. The van der Waals surface area contributed by atoms with Crippen LogP contribution in [0.4, 0.5) is 0 Å². The molecule has 5 nitrogen and oxygen atoms in total. The van der Waals surface area contributed by atoms with Gasteiger partial charge in [0.05, 0.1) is 12.2 Å². The summed E-state index contributed by atoms with van der Waals surface area (Å²) in [4.78, 5) is 11.8. The van der Waals surface area contributed by atoms with Crippen LogP contribution in [0.3, 0.4) is 0 Å². The van der Waals surface area contributed by atoms with Gasteiger partial charge >= 0.3 is 0 Å². The molecule has 1 aliphatic rings. The summed E-state index contributed by atoms with van der Waals surface area (Å²) in [5, 5.41) is 2.72. The Balaban J connectivity index is 2.55. The number of carbonyl (C=O) groups excluding carboxylic acids is 1. The van der Waals surface area contributed by atoms with Crippen molar-refractivity contribution in [1.29, 1.82) is 0 Å². The predicted octanol–water partition coefficient (Wildman–Crippen LogP) is 0.683. The quantitative estimate of drug-likeness (QED) is 0.827. The van der Waals surface area contributed by atoms with Crippen LogP contribution in [-0.2, 0) is 14.8 Å². The van der Waals surface area contributed by atoms with Gasteiger partial charge in [-0.25, -0.2) is 12.7 Å². The molecule has 0 aromatic heterocycles. The first-order valence-electron chi connectivity index (χ1n) is 5.37. The topological polar surface area (TPSA) is 66.5 Å². The number of carbonyl (C=O) groups is 1. The Morgan fingerprint density at radius 1 is 1.59 bits per heavy atom. The zero-order chi connectivity index (χ0) is 13.1. The minimum atomic E-state index is -3.20. The normalized spacial score (nSPS) is 22.1. The van der Waals surface area contributed by atoms with Crippen molar-refractivity contribution in [2.75, 3.05) is 25.9 Å². The number of nitrogens with one attached hydrogen (secondary N) is 1. The summed E-state index contributed by atoms with van der Waals surface area (Å²) in [5.41, 5.74) is 0. The van der Waals surface area contributed by atoms with E-state index >= 15 is 0 Å². The molecule has 1 fully saturated rings. The molecule has 0 bridgehead atoms. The highest BCUT2D eigenvalue weighted by Gasteiger charge is 2.29. The Hall–Kier alpha value is -0.400. The van der Waals surface area contributed by atoms with Crippen molar-refractivity contribution in [1.82, 2.24) is 9.62 Å². The van der Waals surface area contributed by atoms with Gasteiger partial charge in [0.15, 0.2) is 0 Å². The molecule has 0 aromatic carbocycles. The van der Waals surface area contributed by atoms with Gasteiger partial charge in [0, 0.05) is 24.1 Å². The maximum absolute atomic E-state index is 11.8. The molecule has 98 valence electrons. The van der Waals surface area contributed by atoms with Gasteiger partial charge in [0.25, 0.3) is 0 Å². The van der Waals surface area contributed by atoms with Crippen molar-refractivity contribution in [3.63, 3.8) is 0 Å². The fourth-order valence-corrected chi connectivity index (χ4v) is 2.84. The van der Waals surface area contributed by atoms with E-state index in [0.717, 1.165) is 12.8 Å². The number of piperidine rings is 1. The highest BCUT2D eigenvalue weighted by Crippen LogP contribution is 2.18. The van der Waals surface area contributed by atoms with E-state index in [2.05, 4.69) is 27.8 Å². The van der Waals surface area contributed by atoms with E-state index in [1.165, 1.54) is 10.6 Å². The summed E-state index contributed by atoms with van der Waals surface area (Å²) in [6.07, 6.45) is 2.63. The summed E-state index contributed by atoms with van der Waals surface area (Å²) in [6.45, 7) is 4.78. The maximum Gasteiger partial charge on any atom is 0.224 e. The lowest BCUT2D eigenvalue weighted by Gasteiger charge is -2.30. The van der Waals surface area contributed by atoms with Crippen LogP contribution >= 0.6 is 15.9 Å². The van der Waals surface area contributed by atoms with Crippen LogP contribution in [-0.4, -0.2) is 44.5 Å². The molecule has 0 spiro atoms. The van der Waals surface area contributed by atoms with Crippen molar-refractivity contribution < 1.29 is 13.2 Å². The van der Waals surface area contributed by atoms with Gasteiger partial charge in [0.1, 0.15) is 0 Å². The van der Waals surface area contributed by atoms with Crippen LogP contribution < -0.4 is 5.32 Å². The summed E-state index contributed by atoms with van der Waals surface area (Å²) in [6, 6.07) is 0. The van der Waals surface area contributed by atoms with Crippen molar-refractivity contribution in [2.45, 2.75) is 12.8 Å². The lowest BCUT2D eigenvalue weighted by Crippen LogP contribution is -2.45. The van der Waals surface area contributed by atoms with E-state index in [-0.39, 0.29) is 18.4 Å². The minimum Gasteiger partial charge on any atom is -0.351 e. The molecule has 1 N–H and O–H groups in total. The summed E-state index contributed by atoms with van der Waals surface area (Å²) in [5.74, 6) is -0.371. The average Bonchev–Trinajstić information content (AvgIpc) is 2.25.